The van der Waals surface area contributed by atoms with Crippen molar-refractivity contribution in [2.45, 2.75) is 43.3 Å². The molecule has 0 saturated heterocycles. The molecule has 1 atom stereocenters. The Morgan fingerprint density at radius 2 is 2.18 bits per heavy atom. The maximum Gasteiger partial charge on any atom is 0.408 e. The third kappa shape index (κ3) is 12.0. The van der Waals surface area contributed by atoms with Gasteiger partial charge in [-0.25, -0.2) is 4.79 Å². The first-order valence-corrected chi connectivity index (χ1v) is 6.92. The number of rotatable bonds is 7. The average molecular weight is 355 g/mol. The smallest absolute Gasteiger partial charge is 0.408 e. The van der Waals surface area contributed by atoms with Crippen LogP contribution in [0.1, 0.15) is 33.6 Å². The third-order valence-electron chi connectivity index (χ3n) is 1.63. The van der Waals surface area contributed by atoms with Crippen LogP contribution in [-0.2, 0) is 9.47 Å². The van der Waals surface area contributed by atoms with Crippen LogP contribution < -0.4 is 5.32 Å². The summed E-state index contributed by atoms with van der Waals surface area (Å²) < 4.78 is 10.5. The molecule has 0 rings (SSSR count). The molecule has 100 valence electrons. The SMILES string of the molecule is C=CCCCOC[C@@H](I)NC(=O)OC(C)(C)C. The van der Waals surface area contributed by atoms with E-state index in [1.807, 2.05) is 26.8 Å². The Morgan fingerprint density at radius 1 is 1.53 bits per heavy atom. The summed E-state index contributed by atoms with van der Waals surface area (Å²) in [6.45, 7) is 10.3. The Bertz CT molecular complexity index is 238. The van der Waals surface area contributed by atoms with Crippen LogP contribution in [0.2, 0.25) is 0 Å². The summed E-state index contributed by atoms with van der Waals surface area (Å²) in [5, 5.41) is 2.71. The van der Waals surface area contributed by atoms with Crippen LogP contribution in [0.4, 0.5) is 4.79 Å². The van der Waals surface area contributed by atoms with Gasteiger partial charge in [0.2, 0.25) is 0 Å². The molecule has 0 spiro atoms. The summed E-state index contributed by atoms with van der Waals surface area (Å²) in [4.78, 5) is 11.4. The van der Waals surface area contributed by atoms with Crippen LogP contribution in [0.25, 0.3) is 0 Å². The van der Waals surface area contributed by atoms with Gasteiger partial charge >= 0.3 is 6.09 Å². The fraction of sp³-hybridized carbons (Fsp3) is 0.750. The highest BCUT2D eigenvalue weighted by atomic mass is 127. The first-order valence-electron chi connectivity index (χ1n) is 5.67. The number of unbranched alkanes of at least 4 members (excludes halogenated alkanes) is 1. The third-order valence-corrected chi connectivity index (χ3v) is 2.31. The van der Waals surface area contributed by atoms with Gasteiger partial charge in [0.15, 0.2) is 0 Å². The molecule has 0 aliphatic rings. The average Bonchev–Trinajstić information content (AvgIpc) is 2.14. The Hall–Kier alpha value is -0.300. The minimum Gasteiger partial charge on any atom is -0.444 e. The van der Waals surface area contributed by atoms with Crippen LogP contribution in [0.15, 0.2) is 12.7 Å². The summed E-state index contributed by atoms with van der Waals surface area (Å²) in [6.07, 6.45) is 3.36. The van der Waals surface area contributed by atoms with E-state index < -0.39 is 11.7 Å². The molecule has 0 aromatic heterocycles. The number of alkyl carbamates (subject to hydrolysis) is 1. The van der Waals surface area contributed by atoms with Crippen LogP contribution >= 0.6 is 22.6 Å². The fourth-order valence-electron chi connectivity index (χ4n) is 0.994. The number of alkyl halides is 1. The van der Waals surface area contributed by atoms with Crippen molar-refractivity contribution in [1.29, 1.82) is 0 Å². The molecule has 1 amide bonds. The lowest BCUT2D eigenvalue weighted by molar-refractivity contribution is 0.0491. The number of ether oxygens (including phenoxy) is 2. The number of allylic oxidation sites excluding steroid dienone is 1. The van der Waals surface area contributed by atoms with Gasteiger partial charge in [0.05, 0.1) is 6.61 Å². The second-order valence-corrected chi connectivity index (χ2v) is 6.12. The number of hydrogen-bond donors (Lipinski definition) is 1. The summed E-state index contributed by atoms with van der Waals surface area (Å²) in [5.41, 5.74) is -0.467. The quantitative estimate of drug-likeness (QED) is 0.251. The van der Waals surface area contributed by atoms with Crippen molar-refractivity contribution in [3.05, 3.63) is 12.7 Å². The molecule has 0 unspecified atom stereocenters. The largest absolute Gasteiger partial charge is 0.444 e. The van der Waals surface area contributed by atoms with Gasteiger partial charge in [0, 0.05) is 6.61 Å². The number of amides is 1. The van der Waals surface area contributed by atoms with Crippen molar-refractivity contribution in [2.24, 2.45) is 0 Å². The van der Waals surface area contributed by atoms with Crippen molar-refractivity contribution < 1.29 is 14.3 Å². The zero-order chi connectivity index (χ0) is 13.3. The lowest BCUT2D eigenvalue weighted by atomic mass is 10.2. The minimum atomic E-state index is -0.467. The minimum absolute atomic E-state index is 0.0776. The molecule has 0 bridgehead atoms. The standard InChI is InChI=1S/C12H22INO3/c1-5-6-7-8-16-9-10(13)14-11(15)17-12(2,3)4/h5,10H,1,6-9H2,2-4H3,(H,14,15)/t10-/m0/s1. The van der Waals surface area contributed by atoms with Crippen LogP contribution in [0.5, 0.6) is 0 Å². The van der Waals surface area contributed by atoms with E-state index in [9.17, 15) is 4.79 Å². The molecule has 0 aliphatic heterocycles. The van der Waals surface area contributed by atoms with E-state index in [0.717, 1.165) is 12.8 Å². The second-order valence-electron chi connectivity index (χ2n) is 4.62. The van der Waals surface area contributed by atoms with E-state index in [1.165, 1.54) is 0 Å². The van der Waals surface area contributed by atoms with E-state index in [2.05, 4.69) is 34.5 Å². The lowest BCUT2D eigenvalue weighted by Crippen LogP contribution is -2.38. The highest BCUT2D eigenvalue weighted by Crippen LogP contribution is 2.08. The van der Waals surface area contributed by atoms with Crippen molar-refractivity contribution in [2.75, 3.05) is 13.2 Å². The Labute approximate surface area is 117 Å². The van der Waals surface area contributed by atoms with Crippen LogP contribution in [0, 0.1) is 0 Å². The van der Waals surface area contributed by atoms with Gasteiger partial charge in [-0.2, -0.15) is 0 Å². The van der Waals surface area contributed by atoms with E-state index in [4.69, 9.17) is 9.47 Å². The summed E-state index contributed by atoms with van der Waals surface area (Å²) in [7, 11) is 0. The van der Waals surface area contributed by atoms with Crippen molar-refractivity contribution >= 4 is 28.7 Å². The molecule has 0 heterocycles. The van der Waals surface area contributed by atoms with Crippen LogP contribution in [-0.4, -0.2) is 29.0 Å². The molecule has 5 heteroatoms. The number of hydrogen-bond acceptors (Lipinski definition) is 3. The number of carbonyl (C=O) groups excluding carboxylic acids is 1. The molecule has 4 nitrogen and oxygen atoms in total. The molecule has 0 radical (unpaired) electrons. The van der Waals surface area contributed by atoms with E-state index >= 15 is 0 Å². The van der Waals surface area contributed by atoms with E-state index in [1.54, 1.807) is 0 Å². The second kappa shape index (κ2) is 8.74. The van der Waals surface area contributed by atoms with Gasteiger partial charge in [-0.05, 0) is 33.6 Å². The van der Waals surface area contributed by atoms with E-state index in [0.29, 0.717) is 13.2 Å². The molecule has 0 saturated carbocycles. The number of halogens is 1. The summed E-state index contributed by atoms with van der Waals surface area (Å²) in [5.74, 6) is 0. The summed E-state index contributed by atoms with van der Waals surface area (Å²) in [6, 6.07) is 0. The van der Waals surface area contributed by atoms with Crippen molar-refractivity contribution in [1.82, 2.24) is 5.32 Å². The fourth-order valence-corrected chi connectivity index (χ4v) is 1.50. The highest BCUT2D eigenvalue weighted by Gasteiger charge is 2.17. The molecule has 0 aromatic rings. The maximum atomic E-state index is 11.4. The zero-order valence-corrected chi connectivity index (χ0v) is 13.0. The van der Waals surface area contributed by atoms with Crippen molar-refractivity contribution in [3.8, 4) is 0 Å². The van der Waals surface area contributed by atoms with Crippen LogP contribution in [0.3, 0.4) is 0 Å². The molecule has 0 aromatic carbocycles. The molecule has 17 heavy (non-hydrogen) atoms. The molecular weight excluding hydrogens is 333 g/mol. The Balaban J connectivity index is 3.60. The highest BCUT2D eigenvalue weighted by molar-refractivity contribution is 14.1. The molecular formula is C12H22INO3. The predicted octanol–water partition coefficient (Wildman–Crippen LogP) is 3.26. The molecule has 0 aliphatic carbocycles. The van der Waals surface area contributed by atoms with Crippen molar-refractivity contribution in [3.63, 3.8) is 0 Å². The van der Waals surface area contributed by atoms with Gasteiger partial charge in [0.25, 0.3) is 0 Å². The topological polar surface area (TPSA) is 47.6 Å². The van der Waals surface area contributed by atoms with Gasteiger partial charge < -0.3 is 14.8 Å². The van der Waals surface area contributed by atoms with E-state index in [-0.39, 0.29) is 4.05 Å². The summed E-state index contributed by atoms with van der Waals surface area (Å²) >= 11 is 2.11. The predicted molar refractivity (Wildman–Crippen MR) is 77.4 cm³/mol. The van der Waals surface area contributed by atoms with Gasteiger partial charge in [0.1, 0.15) is 9.65 Å². The molecule has 0 fully saturated rings. The first kappa shape index (κ1) is 16.7. The monoisotopic (exact) mass is 355 g/mol. The van der Waals surface area contributed by atoms with Gasteiger partial charge in [-0.1, -0.05) is 28.7 Å². The zero-order valence-electron chi connectivity index (χ0n) is 10.8. The Kier molecular flexibility index (Phi) is 8.59. The van der Waals surface area contributed by atoms with Gasteiger partial charge in [-0.15, -0.1) is 6.58 Å². The molecule has 1 N–H and O–H groups in total. The Morgan fingerprint density at radius 3 is 2.71 bits per heavy atom. The number of nitrogens with one attached hydrogen (secondary N) is 1. The maximum absolute atomic E-state index is 11.4. The lowest BCUT2D eigenvalue weighted by Gasteiger charge is -2.21. The normalized spacial score (nSPS) is 12.9. The number of carbonyl (C=O) groups is 1. The first-order chi connectivity index (χ1) is 7.85. The van der Waals surface area contributed by atoms with Gasteiger partial charge in [-0.3, -0.25) is 0 Å².